The van der Waals surface area contributed by atoms with Crippen LogP contribution in [-0.2, 0) is 0 Å². The van der Waals surface area contributed by atoms with Gasteiger partial charge in [0.1, 0.15) is 0 Å². The van der Waals surface area contributed by atoms with Gasteiger partial charge in [-0.2, -0.15) is 0 Å². The number of hydrogen-bond donors (Lipinski definition) is 0. The number of nitrogens with zero attached hydrogens (tertiary/aromatic N) is 4. The van der Waals surface area contributed by atoms with Crippen molar-refractivity contribution in [3.05, 3.63) is 60.2 Å². The molecule has 0 amide bonds. The summed E-state index contributed by atoms with van der Waals surface area (Å²) in [4.78, 5) is 13.6. The van der Waals surface area contributed by atoms with Crippen molar-refractivity contribution in [3.63, 3.8) is 0 Å². The van der Waals surface area contributed by atoms with E-state index < -0.39 is 0 Å². The van der Waals surface area contributed by atoms with Crippen LogP contribution < -0.4 is 0 Å². The minimum Gasteiger partial charge on any atom is -0.297 e. The molecule has 2 aromatic rings. The number of aromatic nitrogens is 2. The van der Waals surface area contributed by atoms with Crippen molar-refractivity contribution < 1.29 is 0 Å². The highest BCUT2D eigenvalue weighted by Crippen LogP contribution is 2.18. The molecule has 0 aliphatic rings. The van der Waals surface area contributed by atoms with E-state index in [-0.39, 0.29) is 0 Å². The van der Waals surface area contributed by atoms with Crippen LogP contribution >= 0.6 is 0 Å². The van der Waals surface area contributed by atoms with Crippen LogP contribution in [0.4, 0.5) is 0 Å². The molecule has 118 valence electrons. The molecule has 2 heterocycles. The second kappa shape index (κ2) is 8.01. The van der Waals surface area contributed by atoms with Crippen LogP contribution in [0.1, 0.15) is 37.3 Å². The van der Waals surface area contributed by atoms with Gasteiger partial charge in [-0.15, -0.1) is 0 Å². The third-order valence-electron chi connectivity index (χ3n) is 4.36. The summed E-state index contributed by atoms with van der Waals surface area (Å²) in [6.45, 7) is 6.38. The lowest BCUT2D eigenvalue weighted by atomic mass is 10.1. The first-order valence-electron chi connectivity index (χ1n) is 7.82. The van der Waals surface area contributed by atoms with Crippen LogP contribution in [0, 0.1) is 0 Å². The number of likely N-dealkylation sites (N-methyl/N-ethyl adjacent to an activating group) is 2. The minimum absolute atomic E-state index is 0.319. The van der Waals surface area contributed by atoms with Gasteiger partial charge < -0.3 is 0 Å². The zero-order valence-corrected chi connectivity index (χ0v) is 14.0. The van der Waals surface area contributed by atoms with Gasteiger partial charge in [0.15, 0.2) is 0 Å². The van der Waals surface area contributed by atoms with Crippen LogP contribution in [0.2, 0.25) is 0 Å². The summed E-state index contributed by atoms with van der Waals surface area (Å²) in [6.07, 6.45) is 3.71. The van der Waals surface area contributed by atoms with Gasteiger partial charge in [0.25, 0.3) is 0 Å². The molecular weight excluding hydrogens is 272 g/mol. The number of pyridine rings is 2. The van der Waals surface area contributed by atoms with Crippen molar-refractivity contribution in [3.8, 4) is 0 Å². The van der Waals surface area contributed by atoms with Crippen LogP contribution in [0.15, 0.2) is 48.8 Å². The van der Waals surface area contributed by atoms with E-state index >= 15 is 0 Å². The highest BCUT2D eigenvalue weighted by atomic mass is 15.2. The van der Waals surface area contributed by atoms with Crippen molar-refractivity contribution in [1.82, 2.24) is 19.8 Å². The second-order valence-corrected chi connectivity index (χ2v) is 5.82. The highest BCUT2D eigenvalue weighted by Gasteiger charge is 2.16. The molecule has 0 spiro atoms. The molecule has 4 nitrogen and oxygen atoms in total. The van der Waals surface area contributed by atoms with Gasteiger partial charge in [-0.1, -0.05) is 12.1 Å². The van der Waals surface area contributed by atoms with E-state index in [4.69, 9.17) is 0 Å². The molecule has 0 N–H and O–H groups in total. The Hall–Kier alpha value is -1.78. The average molecular weight is 298 g/mol. The molecular formula is C18H26N4. The Morgan fingerprint density at radius 3 is 1.50 bits per heavy atom. The summed E-state index contributed by atoms with van der Waals surface area (Å²) in [6, 6.07) is 12.8. The van der Waals surface area contributed by atoms with Crippen molar-refractivity contribution in [2.24, 2.45) is 0 Å². The zero-order valence-electron chi connectivity index (χ0n) is 14.0. The predicted octanol–water partition coefficient (Wildman–Crippen LogP) is 3.16. The van der Waals surface area contributed by atoms with Gasteiger partial charge in [-0.25, -0.2) is 0 Å². The lowest BCUT2D eigenvalue weighted by molar-refractivity contribution is 0.187. The maximum atomic E-state index is 4.44. The molecule has 0 aliphatic heterocycles. The molecule has 2 aromatic heterocycles. The molecule has 4 heteroatoms. The smallest absolute Gasteiger partial charge is 0.0572 e. The lowest BCUT2D eigenvalue weighted by Crippen LogP contribution is -2.34. The van der Waals surface area contributed by atoms with E-state index in [1.807, 2.05) is 36.7 Å². The minimum atomic E-state index is 0.319. The van der Waals surface area contributed by atoms with Crippen molar-refractivity contribution in [1.29, 1.82) is 0 Å². The Morgan fingerprint density at radius 2 is 1.18 bits per heavy atom. The summed E-state index contributed by atoms with van der Waals surface area (Å²) < 4.78 is 0. The van der Waals surface area contributed by atoms with Gasteiger partial charge in [-0.3, -0.25) is 19.8 Å². The Balaban J connectivity index is 1.86. The average Bonchev–Trinajstić information content (AvgIpc) is 2.59. The highest BCUT2D eigenvalue weighted by molar-refractivity contribution is 5.09. The fourth-order valence-corrected chi connectivity index (χ4v) is 2.40. The first kappa shape index (κ1) is 16.6. The van der Waals surface area contributed by atoms with Crippen molar-refractivity contribution in [2.45, 2.75) is 25.9 Å². The van der Waals surface area contributed by atoms with E-state index in [0.29, 0.717) is 12.1 Å². The van der Waals surface area contributed by atoms with Gasteiger partial charge in [0, 0.05) is 37.6 Å². The lowest BCUT2D eigenvalue weighted by Gasteiger charge is -2.29. The maximum Gasteiger partial charge on any atom is 0.0572 e. The van der Waals surface area contributed by atoms with Crippen LogP contribution in [0.5, 0.6) is 0 Å². The molecule has 0 aliphatic carbocycles. The second-order valence-electron chi connectivity index (χ2n) is 5.82. The standard InChI is InChI=1S/C18H26N4/c1-15(17-9-5-7-11-19-17)21(3)13-14-22(4)16(2)18-10-6-8-12-20-18/h5-12,15-16H,13-14H2,1-4H3/t15-,16-/m0/s1. The Labute approximate surface area is 133 Å². The molecule has 2 rings (SSSR count). The first-order valence-corrected chi connectivity index (χ1v) is 7.82. The van der Waals surface area contributed by atoms with Crippen LogP contribution in [0.25, 0.3) is 0 Å². The topological polar surface area (TPSA) is 32.3 Å². The molecule has 2 atom stereocenters. The third kappa shape index (κ3) is 4.36. The molecule has 0 fully saturated rings. The Kier molecular flexibility index (Phi) is 6.04. The Bertz CT molecular complexity index is 492. The van der Waals surface area contributed by atoms with Crippen LogP contribution in [0.3, 0.4) is 0 Å². The molecule has 0 aromatic carbocycles. The van der Waals surface area contributed by atoms with E-state index in [1.165, 1.54) is 0 Å². The Morgan fingerprint density at radius 1 is 0.773 bits per heavy atom. The predicted molar refractivity (Wildman–Crippen MR) is 90.6 cm³/mol. The number of rotatable bonds is 7. The van der Waals surface area contributed by atoms with Crippen LogP contribution in [-0.4, -0.2) is 47.0 Å². The molecule has 0 saturated carbocycles. The van der Waals surface area contributed by atoms with Gasteiger partial charge >= 0.3 is 0 Å². The van der Waals surface area contributed by atoms with E-state index in [1.54, 1.807) is 0 Å². The number of hydrogen-bond acceptors (Lipinski definition) is 4. The fourth-order valence-electron chi connectivity index (χ4n) is 2.40. The largest absolute Gasteiger partial charge is 0.297 e. The summed E-state index contributed by atoms with van der Waals surface area (Å²) >= 11 is 0. The molecule has 0 radical (unpaired) electrons. The summed E-state index contributed by atoms with van der Waals surface area (Å²) in [5, 5.41) is 0. The maximum absolute atomic E-state index is 4.44. The molecule has 0 unspecified atom stereocenters. The molecule has 0 saturated heterocycles. The summed E-state index contributed by atoms with van der Waals surface area (Å²) in [7, 11) is 4.30. The zero-order chi connectivity index (χ0) is 15.9. The van der Waals surface area contributed by atoms with E-state index in [0.717, 1.165) is 24.5 Å². The SMILES string of the molecule is C[C@@H](c1ccccn1)N(C)CCN(C)[C@@H](C)c1ccccn1. The third-order valence-corrected chi connectivity index (χ3v) is 4.36. The van der Waals surface area contributed by atoms with Crippen molar-refractivity contribution in [2.75, 3.05) is 27.2 Å². The summed E-state index contributed by atoms with van der Waals surface area (Å²) in [5.74, 6) is 0. The van der Waals surface area contributed by atoms with E-state index in [2.05, 4.69) is 59.8 Å². The quantitative estimate of drug-likeness (QED) is 0.786. The van der Waals surface area contributed by atoms with Crippen molar-refractivity contribution >= 4 is 0 Å². The first-order chi connectivity index (χ1) is 10.6. The van der Waals surface area contributed by atoms with Gasteiger partial charge in [-0.05, 0) is 52.2 Å². The van der Waals surface area contributed by atoms with E-state index in [9.17, 15) is 0 Å². The molecule has 0 bridgehead atoms. The van der Waals surface area contributed by atoms with Gasteiger partial charge in [0.05, 0.1) is 11.4 Å². The normalized spacial score (nSPS) is 14.3. The van der Waals surface area contributed by atoms with Gasteiger partial charge in [0.2, 0.25) is 0 Å². The fraction of sp³-hybridized carbons (Fsp3) is 0.444. The molecule has 22 heavy (non-hydrogen) atoms. The monoisotopic (exact) mass is 298 g/mol. The summed E-state index contributed by atoms with van der Waals surface area (Å²) in [5.41, 5.74) is 2.23.